The van der Waals surface area contributed by atoms with Crippen LogP contribution in [0.25, 0.3) is 0 Å². The monoisotopic (exact) mass is 464 g/mol. The van der Waals surface area contributed by atoms with Gasteiger partial charge in [-0.05, 0) is 0 Å². The minimum absolute atomic E-state index is 0. The Morgan fingerprint density at radius 2 is 0.500 bits per heavy atom. The van der Waals surface area contributed by atoms with E-state index in [0.717, 1.165) is 0 Å². The standard InChI is InChI=1S/K.4H3O4P.H3P/c;4*1-5(2,3)4;/h;4*(H3,1,2,3,4);1H3/q+1;;;;;/p-1. The van der Waals surface area contributed by atoms with Crippen LogP contribution in [0.1, 0.15) is 0 Å². The minimum atomic E-state index is -4.89. The molecule has 0 heterocycles. The predicted octanol–water partition coefficient (Wildman–Crippen LogP) is -7.28. The van der Waals surface area contributed by atoms with Crippen LogP contribution in [0, 0.1) is 0 Å². The molecule has 1 unspecified atom stereocenters. The molecule has 0 bridgehead atoms. The van der Waals surface area contributed by atoms with E-state index in [4.69, 9.17) is 77.0 Å². The molecule has 0 aromatic carbocycles. The number of hydrogen-bond acceptors (Lipinski definition) is 5. The van der Waals surface area contributed by atoms with Gasteiger partial charge in [-0.15, -0.1) is 0 Å². The molecule has 0 saturated heterocycles. The molecule has 0 fully saturated rings. The van der Waals surface area contributed by atoms with E-state index in [2.05, 4.69) is 0 Å². The van der Waals surface area contributed by atoms with Crippen LogP contribution in [-0.2, 0) is 18.3 Å². The molecule has 22 heavy (non-hydrogen) atoms. The van der Waals surface area contributed by atoms with E-state index in [-0.39, 0.29) is 61.3 Å². The molecule has 0 aromatic heterocycles. The normalized spacial score (nSPS) is 10.7. The van der Waals surface area contributed by atoms with Gasteiger partial charge >= 0.3 is 74.9 Å². The second-order valence-corrected chi connectivity index (χ2v) is 6.09. The summed E-state index contributed by atoms with van der Waals surface area (Å²) in [6.07, 6.45) is 0. The van der Waals surface area contributed by atoms with Crippen molar-refractivity contribution in [2.75, 3.05) is 0 Å². The van der Waals surface area contributed by atoms with E-state index in [1.54, 1.807) is 0 Å². The van der Waals surface area contributed by atoms with Crippen molar-refractivity contribution < 1.29 is 128 Å². The minimum Gasteiger partial charge on any atom is -0.756 e. The van der Waals surface area contributed by atoms with Crippen molar-refractivity contribution in [2.24, 2.45) is 0 Å². The molecule has 0 aliphatic heterocycles. The first-order chi connectivity index (χ1) is 8.00. The Kier molecular flexibility index (Phi) is 30.5. The van der Waals surface area contributed by atoms with E-state index >= 15 is 0 Å². The summed E-state index contributed by atoms with van der Waals surface area (Å²) in [5.41, 5.74) is 0. The molecule has 22 heteroatoms. The van der Waals surface area contributed by atoms with E-state index < -0.39 is 31.3 Å². The SMILES string of the molecule is O=P(O)(O)O.O=P(O)(O)O.O=P(O)(O)O.O=P([O-])(O)O.P.[K+]. The average Bonchev–Trinajstić information content (AvgIpc) is 1.62. The molecule has 0 amide bonds. The van der Waals surface area contributed by atoms with Crippen molar-refractivity contribution in [3.8, 4) is 0 Å². The van der Waals surface area contributed by atoms with Gasteiger partial charge in [-0.1, -0.05) is 0 Å². The van der Waals surface area contributed by atoms with Crippen LogP contribution >= 0.6 is 41.2 Å². The molecular formula is H14KO16P5. The van der Waals surface area contributed by atoms with E-state index in [1.165, 1.54) is 0 Å². The maximum absolute atomic E-state index is 8.88. The molecule has 0 saturated carbocycles. The molecule has 0 aromatic rings. The van der Waals surface area contributed by atoms with E-state index in [9.17, 15) is 0 Å². The van der Waals surface area contributed by atoms with Crippen LogP contribution in [0.2, 0.25) is 0 Å². The second kappa shape index (κ2) is 16.9. The molecular weight excluding hydrogens is 450 g/mol. The van der Waals surface area contributed by atoms with Gasteiger partial charge in [-0.2, -0.15) is 9.90 Å². The first-order valence-corrected chi connectivity index (χ1v) is 9.34. The predicted molar refractivity (Wildman–Crippen MR) is 65.9 cm³/mol. The summed E-state index contributed by atoms with van der Waals surface area (Å²) in [4.78, 5) is 87.6. The van der Waals surface area contributed by atoms with Crippen molar-refractivity contribution in [1.82, 2.24) is 0 Å². The average molecular weight is 464 g/mol. The van der Waals surface area contributed by atoms with Gasteiger partial charge in [0.25, 0.3) is 7.82 Å². The summed E-state index contributed by atoms with van der Waals surface area (Å²) < 4.78 is 35.4. The third kappa shape index (κ3) is 1660. The van der Waals surface area contributed by atoms with Gasteiger partial charge in [0, 0.05) is 0 Å². The molecule has 16 nitrogen and oxygen atoms in total. The fraction of sp³-hybridized carbons (Fsp3) is 0. The zero-order valence-electron chi connectivity index (χ0n) is 10.5. The molecule has 11 N–H and O–H groups in total. The smallest absolute Gasteiger partial charge is 0.756 e. The maximum atomic E-state index is 8.88. The number of hydrogen-bond donors (Lipinski definition) is 11. The van der Waals surface area contributed by atoms with E-state index in [1.807, 2.05) is 0 Å². The molecule has 0 radical (unpaired) electrons. The van der Waals surface area contributed by atoms with Crippen LogP contribution in [0.15, 0.2) is 0 Å². The van der Waals surface area contributed by atoms with Crippen molar-refractivity contribution in [3.63, 3.8) is 0 Å². The molecule has 1 atom stereocenters. The van der Waals surface area contributed by atoms with Gasteiger partial charge in [0.05, 0.1) is 0 Å². The Labute approximate surface area is 168 Å². The number of rotatable bonds is 0. The molecule has 0 spiro atoms. The fourth-order valence-corrected chi connectivity index (χ4v) is 0. The van der Waals surface area contributed by atoms with Gasteiger partial charge in [-0.3, -0.25) is 4.57 Å². The van der Waals surface area contributed by atoms with Gasteiger partial charge in [0.15, 0.2) is 0 Å². The van der Waals surface area contributed by atoms with Crippen LogP contribution in [0.5, 0.6) is 0 Å². The van der Waals surface area contributed by atoms with Crippen LogP contribution in [-0.4, -0.2) is 53.8 Å². The van der Waals surface area contributed by atoms with Crippen LogP contribution in [0.4, 0.5) is 0 Å². The quantitative estimate of drug-likeness (QED) is 0.117. The largest absolute Gasteiger partial charge is 1.00 e. The zero-order valence-corrected chi connectivity index (χ0v) is 18.6. The van der Waals surface area contributed by atoms with Gasteiger partial charge in [0.2, 0.25) is 0 Å². The van der Waals surface area contributed by atoms with E-state index in [0.29, 0.717) is 0 Å². The van der Waals surface area contributed by atoms with Crippen molar-refractivity contribution in [2.45, 2.75) is 0 Å². The zero-order chi connectivity index (χ0) is 18.0. The Hall–Kier alpha value is 2.51. The Bertz CT molecular complexity index is 287. The molecule has 0 aliphatic carbocycles. The Morgan fingerprint density at radius 3 is 0.500 bits per heavy atom. The maximum Gasteiger partial charge on any atom is 1.00 e. The fourth-order valence-electron chi connectivity index (χ4n) is 0. The Morgan fingerprint density at radius 1 is 0.500 bits per heavy atom. The molecule has 136 valence electrons. The third-order valence-electron chi connectivity index (χ3n) is 0. The first-order valence-electron chi connectivity index (χ1n) is 3.11. The van der Waals surface area contributed by atoms with Crippen LogP contribution in [0.3, 0.4) is 0 Å². The summed E-state index contributed by atoms with van der Waals surface area (Å²) in [6, 6.07) is 0. The molecule has 0 rings (SSSR count). The first kappa shape index (κ1) is 39.5. The topological polar surface area (TPSA) is 314 Å². The Balaban J connectivity index is -0.0000000376. The van der Waals surface area contributed by atoms with Gasteiger partial charge in [0.1, 0.15) is 0 Å². The third-order valence-corrected chi connectivity index (χ3v) is 0. The van der Waals surface area contributed by atoms with Crippen LogP contribution < -0.4 is 56.3 Å². The summed E-state index contributed by atoms with van der Waals surface area (Å²) in [5.74, 6) is 0. The summed E-state index contributed by atoms with van der Waals surface area (Å²) >= 11 is 0. The van der Waals surface area contributed by atoms with Crippen molar-refractivity contribution in [3.05, 3.63) is 0 Å². The van der Waals surface area contributed by atoms with Crippen molar-refractivity contribution in [1.29, 1.82) is 0 Å². The summed E-state index contributed by atoms with van der Waals surface area (Å²) in [6.45, 7) is 0. The summed E-state index contributed by atoms with van der Waals surface area (Å²) in [7, 11) is -18.8. The number of phosphoric acid groups is 4. The molecule has 0 aliphatic rings. The summed E-state index contributed by atoms with van der Waals surface area (Å²) in [5, 5.41) is 0. The van der Waals surface area contributed by atoms with Gasteiger partial charge < -0.3 is 58.7 Å². The van der Waals surface area contributed by atoms with Crippen molar-refractivity contribution >= 4 is 41.2 Å². The van der Waals surface area contributed by atoms with Gasteiger partial charge in [-0.25, -0.2) is 13.7 Å². The second-order valence-electron chi connectivity index (χ2n) is 2.03.